The maximum Gasteiger partial charge on any atom is 0.335 e. The number of benzene rings is 1. The van der Waals surface area contributed by atoms with E-state index >= 15 is 0 Å². The third kappa shape index (κ3) is 2.81. The van der Waals surface area contributed by atoms with Crippen LogP contribution in [0.25, 0.3) is 11.1 Å². The van der Waals surface area contributed by atoms with Gasteiger partial charge in [-0.2, -0.15) is 5.10 Å². The van der Waals surface area contributed by atoms with E-state index in [0.29, 0.717) is 16.6 Å². The first-order valence-electron chi connectivity index (χ1n) is 7.22. The van der Waals surface area contributed by atoms with Crippen molar-refractivity contribution in [1.29, 1.82) is 0 Å². The third-order valence-electron chi connectivity index (χ3n) is 3.98. The number of carbonyl (C=O) groups excluding carboxylic acids is 1. The number of ether oxygens (including phenoxy) is 1. The van der Waals surface area contributed by atoms with E-state index in [1.165, 1.54) is 11.8 Å². The van der Waals surface area contributed by atoms with Crippen LogP contribution in [0.15, 0.2) is 35.5 Å². The van der Waals surface area contributed by atoms with Gasteiger partial charge in [-0.25, -0.2) is 14.5 Å². The summed E-state index contributed by atoms with van der Waals surface area (Å²) in [5.74, 6) is -0.923. The molecule has 126 valence electrons. The molecular weight excluding hydrogens is 353 g/mol. The lowest BCUT2D eigenvalue weighted by Crippen LogP contribution is -2.40. The van der Waals surface area contributed by atoms with E-state index < -0.39 is 23.5 Å². The van der Waals surface area contributed by atoms with Crippen LogP contribution in [0.5, 0.6) is 0 Å². The van der Waals surface area contributed by atoms with Crippen molar-refractivity contribution in [1.82, 2.24) is 9.78 Å². The first-order valence-corrected chi connectivity index (χ1v) is 8.04. The fraction of sp³-hybridized carbons (Fsp3) is 0.312. The second-order valence-corrected chi connectivity index (χ2v) is 6.34. The van der Waals surface area contributed by atoms with Gasteiger partial charge in [-0.15, -0.1) is 0 Å². The largest absolute Gasteiger partial charge is 0.467 e. The van der Waals surface area contributed by atoms with Gasteiger partial charge in [0.15, 0.2) is 11.9 Å². The first kappa shape index (κ1) is 17.0. The van der Waals surface area contributed by atoms with Crippen LogP contribution in [0.4, 0.5) is 5.82 Å². The fourth-order valence-corrected chi connectivity index (χ4v) is 3.40. The molecule has 1 aromatic carbocycles. The number of fused-ring (bicyclic) bond motifs is 1. The monoisotopic (exact) mass is 367 g/mol. The zero-order valence-electron chi connectivity index (χ0n) is 13.0. The smallest absolute Gasteiger partial charge is 0.335 e. The van der Waals surface area contributed by atoms with Gasteiger partial charge in [-0.05, 0) is 24.6 Å². The Labute approximate surface area is 148 Å². The maximum atomic E-state index is 11.6. The van der Waals surface area contributed by atoms with Gasteiger partial charge >= 0.3 is 5.97 Å². The quantitative estimate of drug-likeness (QED) is 0.667. The third-order valence-corrected chi connectivity index (χ3v) is 4.67. The van der Waals surface area contributed by atoms with Gasteiger partial charge in [-0.3, -0.25) is 0 Å². The van der Waals surface area contributed by atoms with Crippen molar-refractivity contribution in [3.63, 3.8) is 0 Å². The lowest BCUT2D eigenvalue weighted by Gasteiger charge is -2.29. The molecule has 2 heterocycles. The van der Waals surface area contributed by atoms with Crippen molar-refractivity contribution in [2.75, 3.05) is 7.11 Å². The second kappa shape index (κ2) is 6.55. The van der Waals surface area contributed by atoms with Gasteiger partial charge in [-0.1, -0.05) is 35.3 Å². The number of hydrogen-bond acceptors (Lipinski definition) is 5. The molecule has 0 aliphatic carbocycles. The number of rotatable bonds is 3. The summed E-state index contributed by atoms with van der Waals surface area (Å²) in [6, 6.07) is 7.32. The predicted molar refractivity (Wildman–Crippen MR) is 91.8 cm³/mol. The van der Waals surface area contributed by atoms with Crippen LogP contribution in [0, 0.1) is 5.92 Å². The number of aliphatic hydroxyl groups excluding tert-OH is 1. The van der Waals surface area contributed by atoms with Crippen molar-refractivity contribution < 1.29 is 14.6 Å². The molecule has 0 saturated heterocycles. The van der Waals surface area contributed by atoms with Gasteiger partial charge in [0.1, 0.15) is 5.50 Å². The molecule has 2 aromatic rings. The van der Waals surface area contributed by atoms with Crippen molar-refractivity contribution in [2.24, 2.45) is 10.9 Å². The molecule has 3 atom stereocenters. The standard InChI is InChI=1S/C16H15Cl2N3O3/c1-8-12(13(22)16(23)24-2)14(18)21-15(20-8)11(7-19-21)9-4-3-5-10(17)6-9/h3-7,12-14,22H,1-2H3. The number of hydrogen-bond donors (Lipinski definition) is 1. The molecule has 1 aliphatic heterocycles. The number of halogens is 2. The number of esters is 1. The Morgan fingerprint density at radius 1 is 1.46 bits per heavy atom. The molecule has 3 unspecified atom stereocenters. The highest BCUT2D eigenvalue weighted by molar-refractivity contribution is 6.30. The first-order chi connectivity index (χ1) is 11.4. The minimum absolute atomic E-state index is 0.532. The normalized spacial score (nSPS) is 21.0. The van der Waals surface area contributed by atoms with Crippen LogP contribution in [0.2, 0.25) is 5.02 Å². The highest BCUT2D eigenvalue weighted by Crippen LogP contribution is 2.41. The minimum Gasteiger partial charge on any atom is -0.467 e. The molecule has 0 bridgehead atoms. The number of nitrogens with zero attached hydrogens (tertiary/aromatic N) is 3. The summed E-state index contributed by atoms with van der Waals surface area (Å²) in [7, 11) is 1.21. The Morgan fingerprint density at radius 2 is 2.21 bits per heavy atom. The highest BCUT2D eigenvalue weighted by atomic mass is 35.5. The van der Waals surface area contributed by atoms with E-state index in [1.807, 2.05) is 18.2 Å². The Kier molecular flexibility index (Phi) is 4.62. The molecule has 3 rings (SSSR count). The summed E-state index contributed by atoms with van der Waals surface area (Å²) < 4.78 is 6.08. The van der Waals surface area contributed by atoms with E-state index in [2.05, 4.69) is 14.8 Å². The molecule has 6 nitrogen and oxygen atoms in total. The van der Waals surface area contributed by atoms with Crippen LogP contribution < -0.4 is 0 Å². The van der Waals surface area contributed by atoms with E-state index in [9.17, 15) is 9.90 Å². The van der Waals surface area contributed by atoms with Crippen LogP contribution >= 0.6 is 23.2 Å². The lowest BCUT2D eigenvalue weighted by atomic mass is 9.95. The summed E-state index contributed by atoms with van der Waals surface area (Å²) in [5.41, 5.74) is 1.40. The maximum absolute atomic E-state index is 11.6. The molecule has 0 spiro atoms. The summed E-state index contributed by atoms with van der Waals surface area (Å²) in [6.07, 6.45) is 0.230. The molecule has 1 aromatic heterocycles. The average Bonchev–Trinajstić information content (AvgIpc) is 2.97. The van der Waals surface area contributed by atoms with Crippen LogP contribution in [0.3, 0.4) is 0 Å². The van der Waals surface area contributed by atoms with E-state index in [1.54, 1.807) is 19.2 Å². The molecule has 0 radical (unpaired) electrons. The number of methoxy groups -OCH3 is 1. The molecule has 8 heteroatoms. The Morgan fingerprint density at radius 3 is 2.88 bits per heavy atom. The van der Waals surface area contributed by atoms with E-state index in [0.717, 1.165) is 11.1 Å². The van der Waals surface area contributed by atoms with Gasteiger partial charge < -0.3 is 9.84 Å². The van der Waals surface area contributed by atoms with Crippen LogP contribution in [0.1, 0.15) is 12.4 Å². The number of alkyl halides is 1. The second-order valence-electron chi connectivity index (χ2n) is 5.46. The summed E-state index contributed by atoms with van der Waals surface area (Å²) in [5, 5.41) is 15.0. The number of aromatic nitrogens is 2. The molecular formula is C16H15Cl2N3O3. The molecule has 0 amide bonds. The molecule has 24 heavy (non-hydrogen) atoms. The highest BCUT2D eigenvalue weighted by Gasteiger charge is 2.40. The minimum atomic E-state index is -1.41. The van der Waals surface area contributed by atoms with Gasteiger partial charge in [0.05, 0.1) is 19.2 Å². The average molecular weight is 368 g/mol. The van der Waals surface area contributed by atoms with Crippen molar-refractivity contribution in [3.05, 3.63) is 35.5 Å². The Bertz CT molecular complexity index is 819. The summed E-state index contributed by atoms with van der Waals surface area (Å²) in [4.78, 5) is 16.2. The van der Waals surface area contributed by atoms with E-state index in [4.69, 9.17) is 23.2 Å². The Hall–Kier alpha value is -1.89. The zero-order chi connectivity index (χ0) is 17.4. The lowest BCUT2D eigenvalue weighted by molar-refractivity contribution is -0.152. The van der Waals surface area contributed by atoms with Crippen LogP contribution in [-0.2, 0) is 9.53 Å². The van der Waals surface area contributed by atoms with Gasteiger partial charge in [0.2, 0.25) is 0 Å². The summed E-state index contributed by atoms with van der Waals surface area (Å²) in [6.45, 7) is 1.71. The fourth-order valence-electron chi connectivity index (χ4n) is 2.75. The predicted octanol–water partition coefficient (Wildman–Crippen LogP) is 3.20. The zero-order valence-corrected chi connectivity index (χ0v) is 14.5. The van der Waals surface area contributed by atoms with Crippen molar-refractivity contribution in [2.45, 2.75) is 18.5 Å². The van der Waals surface area contributed by atoms with Crippen molar-refractivity contribution in [3.8, 4) is 11.1 Å². The SMILES string of the molecule is COC(=O)C(O)C1C(C)=Nc2c(-c3cccc(Cl)c3)cnn2C1Cl. The Balaban J connectivity index is 2.04. The molecule has 0 fully saturated rings. The summed E-state index contributed by atoms with van der Waals surface area (Å²) >= 11 is 12.5. The van der Waals surface area contributed by atoms with Gasteiger partial charge in [0, 0.05) is 16.3 Å². The van der Waals surface area contributed by atoms with E-state index in [-0.39, 0.29) is 0 Å². The van der Waals surface area contributed by atoms with Gasteiger partial charge in [0.25, 0.3) is 0 Å². The number of aliphatic hydroxyl groups is 1. The molecule has 1 aliphatic rings. The molecule has 0 saturated carbocycles. The number of carbonyl (C=O) groups is 1. The molecule has 1 N–H and O–H groups in total. The van der Waals surface area contributed by atoms with Crippen molar-refractivity contribution >= 4 is 40.7 Å². The topological polar surface area (TPSA) is 76.7 Å². The van der Waals surface area contributed by atoms with Crippen LogP contribution in [-0.4, -0.2) is 39.8 Å². The number of aliphatic imine (C=N–C) groups is 1.